The molecule has 0 aliphatic heterocycles. The number of hydrogen-bond donors (Lipinski definition) is 2. The maximum atomic E-state index is 9.05. The summed E-state index contributed by atoms with van der Waals surface area (Å²) in [6.07, 6.45) is 0.936. The Bertz CT molecular complexity index is 178. The van der Waals surface area contributed by atoms with Crippen molar-refractivity contribution >= 4 is 23.2 Å². The first kappa shape index (κ1) is 8.08. The molecule has 0 saturated heterocycles. The highest BCUT2D eigenvalue weighted by atomic mass is 35.5. The maximum Gasteiger partial charge on any atom is 0.125 e. The molecule has 2 nitrogen and oxygen atoms in total. The number of hydrogen-bond acceptors (Lipinski definition) is 2. The summed E-state index contributed by atoms with van der Waals surface area (Å²) in [5.41, 5.74) is 0. The van der Waals surface area contributed by atoms with E-state index in [4.69, 9.17) is 33.4 Å². The molecule has 0 amide bonds. The van der Waals surface area contributed by atoms with Crippen LogP contribution in [0.25, 0.3) is 0 Å². The van der Waals surface area contributed by atoms with Crippen LogP contribution in [-0.2, 0) is 0 Å². The molecule has 1 rings (SSSR count). The molecule has 0 saturated carbocycles. The van der Waals surface area contributed by atoms with Crippen molar-refractivity contribution in [1.82, 2.24) is 0 Å². The van der Waals surface area contributed by atoms with Crippen LogP contribution in [-0.4, -0.2) is 22.4 Å². The smallest absolute Gasteiger partial charge is 0.125 e. The third-order valence-corrected chi connectivity index (χ3v) is 1.85. The predicted molar refractivity (Wildman–Crippen MR) is 39.9 cm³/mol. The average Bonchev–Trinajstić information content (AvgIpc) is 1.82. The van der Waals surface area contributed by atoms with Gasteiger partial charge in [0.25, 0.3) is 0 Å². The van der Waals surface area contributed by atoms with Crippen LogP contribution in [0.1, 0.15) is 0 Å². The number of aliphatic hydroxyl groups is 2. The summed E-state index contributed by atoms with van der Waals surface area (Å²) in [7, 11) is 0. The van der Waals surface area contributed by atoms with Gasteiger partial charge >= 0.3 is 0 Å². The van der Waals surface area contributed by atoms with Gasteiger partial charge in [-0.15, -0.1) is 0 Å². The lowest BCUT2D eigenvalue weighted by molar-refractivity contribution is 0.233. The summed E-state index contributed by atoms with van der Waals surface area (Å²) < 4.78 is 0. The Morgan fingerprint density at radius 3 is 1.90 bits per heavy atom. The van der Waals surface area contributed by atoms with Gasteiger partial charge in [0.2, 0.25) is 0 Å². The van der Waals surface area contributed by atoms with E-state index < -0.39 is 12.2 Å². The Kier molecular flexibility index (Phi) is 2.36. The van der Waals surface area contributed by atoms with Gasteiger partial charge in [0, 0.05) is 0 Å². The molecule has 0 atom stereocenters. The van der Waals surface area contributed by atoms with Crippen LogP contribution in [0.2, 0.25) is 0 Å². The van der Waals surface area contributed by atoms with Crippen LogP contribution in [0, 0.1) is 0 Å². The van der Waals surface area contributed by atoms with E-state index in [0.29, 0.717) is 0 Å². The summed E-state index contributed by atoms with van der Waals surface area (Å²) in [6.45, 7) is 0. The molecule has 0 unspecified atom stereocenters. The first-order chi connectivity index (χ1) is 4.61. The SMILES string of the molecule is OC1C=C(Cl)C(O)C(Cl)=C1. The number of rotatable bonds is 0. The van der Waals surface area contributed by atoms with E-state index in [-0.39, 0.29) is 10.1 Å². The lowest BCUT2D eigenvalue weighted by Gasteiger charge is -2.15. The fourth-order valence-corrected chi connectivity index (χ4v) is 1.24. The van der Waals surface area contributed by atoms with Gasteiger partial charge in [-0.1, -0.05) is 23.2 Å². The van der Waals surface area contributed by atoms with Crippen LogP contribution in [0.4, 0.5) is 0 Å². The van der Waals surface area contributed by atoms with Gasteiger partial charge in [-0.05, 0) is 12.2 Å². The summed E-state index contributed by atoms with van der Waals surface area (Å²) in [5.74, 6) is 0. The van der Waals surface area contributed by atoms with Crippen LogP contribution < -0.4 is 0 Å². The molecule has 0 fully saturated rings. The van der Waals surface area contributed by atoms with Gasteiger partial charge in [-0.3, -0.25) is 0 Å². The third-order valence-electron chi connectivity index (χ3n) is 1.18. The Balaban J connectivity index is 2.83. The van der Waals surface area contributed by atoms with Gasteiger partial charge in [-0.25, -0.2) is 0 Å². The first-order valence-corrected chi connectivity index (χ1v) is 3.47. The lowest BCUT2D eigenvalue weighted by Crippen LogP contribution is -2.16. The fourth-order valence-electron chi connectivity index (χ4n) is 0.688. The summed E-state index contributed by atoms with van der Waals surface area (Å²) >= 11 is 11.0. The van der Waals surface area contributed by atoms with Crippen molar-refractivity contribution in [3.63, 3.8) is 0 Å². The molecule has 0 aromatic heterocycles. The van der Waals surface area contributed by atoms with Gasteiger partial charge in [-0.2, -0.15) is 0 Å². The van der Waals surface area contributed by atoms with E-state index in [1.807, 2.05) is 0 Å². The minimum atomic E-state index is -0.952. The molecular weight excluding hydrogens is 175 g/mol. The van der Waals surface area contributed by atoms with E-state index >= 15 is 0 Å². The van der Waals surface area contributed by atoms with Crippen LogP contribution >= 0.6 is 23.2 Å². The van der Waals surface area contributed by atoms with Crippen molar-refractivity contribution in [2.45, 2.75) is 12.2 Å². The molecule has 1 aliphatic rings. The highest BCUT2D eigenvalue weighted by molar-refractivity contribution is 6.35. The molecule has 1 aliphatic carbocycles. The highest BCUT2D eigenvalue weighted by Gasteiger charge is 2.18. The maximum absolute atomic E-state index is 9.05. The molecular formula is C6H6Cl2O2. The topological polar surface area (TPSA) is 40.5 Å². The molecule has 10 heavy (non-hydrogen) atoms. The molecule has 4 heteroatoms. The number of aliphatic hydroxyl groups excluding tert-OH is 2. The average molecular weight is 181 g/mol. The van der Waals surface area contributed by atoms with Crippen molar-refractivity contribution in [3.8, 4) is 0 Å². The Labute approximate surface area is 68.4 Å². The lowest BCUT2D eigenvalue weighted by atomic mass is 10.1. The minimum absolute atomic E-state index is 0.167. The molecule has 2 N–H and O–H groups in total. The molecule has 56 valence electrons. The standard InChI is InChI=1S/C6H6Cl2O2/c7-4-1-3(9)2-5(8)6(4)10/h1-3,6,9-10H. The van der Waals surface area contributed by atoms with Gasteiger partial charge in [0.15, 0.2) is 0 Å². The monoisotopic (exact) mass is 180 g/mol. The molecule has 0 aromatic rings. The second-order valence-electron chi connectivity index (χ2n) is 2.00. The zero-order valence-corrected chi connectivity index (χ0v) is 6.47. The second-order valence-corrected chi connectivity index (χ2v) is 2.87. The second kappa shape index (κ2) is 2.93. The van der Waals surface area contributed by atoms with Crippen molar-refractivity contribution in [2.75, 3.05) is 0 Å². The Morgan fingerprint density at radius 2 is 1.50 bits per heavy atom. The van der Waals surface area contributed by atoms with Gasteiger partial charge in [0.05, 0.1) is 16.2 Å². The van der Waals surface area contributed by atoms with E-state index in [9.17, 15) is 0 Å². The molecule has 0 spiro atoms. The zero-order valence-electron chi connectivity index (χ0n) is 4.96. The zero-order chi connectivity index (χ0) is 7.72. The Morgan fingerprint density at radius 1 is 1.10 bits per heavy atom. The molecule has 0 radical (unpaired) electrons. The predicted octanol–water partition coefficient (Wildman–Crippen LogP) is 0.967. The molecule has 0 heterocycles. The quantitative estimate of drug-likeness (QED) is 0.584. The summed E-state index contributed by atoms with van der Waals surface area (Å²) in [4.78, 5) is 0. The van der Waals surface area contributed by atoms with Crippen molar-refractivity contribution in [1.29, 1.82) is 0 Å². The normalized spacial score (nSPS) is 33.2. The van der Waals surface area contributed by atoms with Gasteiger partial charge in [0.1, 0.15) is 6.10 Å². The van der Waals surface area contributed by atoms with Crippen LogP contribution in [0.3, 0.4) is 0 Å². The third kappa shape index (κ3) is 1.52. The van der Waals surface area contributed by atoms with Crippen molar-refractivity contribution in [2.24, 2.45) is 0 Å². The molecule has 0 aromatic carbocycles. The number of halogens is 2. The van der Waals surface area contributed by atoms with E-state index in [2.05, 4.69) is 0 Å². The first-order valence-electron chi connectivity index (χ1n) is 2.72. The van der Waals surface area contributed by atoms with Crippen molar-refractivity contribution in [3.05, 3.63) is 22.2 Å². The molecule has 0 bridgehead atoms. The fraction of sp³-hybridized carbons (Fsp3) is 0.333. The van der Waals surface area contributed by atoms with Crippen molar-refractivity contribution < 1.29 is 10.2 Å². The largest absolute Gasteiger partial charge is 0.385 e. The summed E-state index contributed by atoms with van der Waals surface area (Å²) in [6, 6.07) is 0. The summed E-state index contributed by atoms with van der Waals surface area (Å²) in [5, 5.41) is 18.3. The van der Waals surface area contributed by atoms with E-state index in [1.165, 1.54) is 12.2 Å². The van der Waals surface area contributed by atoms with E-state index in [0.717, 1.165) is 0 Å². The van der Waals surface area contributed by atoms with Crippen LogP contribution in [0.15, 0.2) is 22.2 Å². The van der Waals surface area contributed by atoms with Crippen LogP contribution in [0.5, 0.6) is 0 Å². The minimum Gasteiger partial charge on any atom is -0.385 e. The Hall–Kier alpha value is -0.0200. The highest BCUT2D eigenvalue weighted by Crippen LogP contribution is 2.24. The van der Waals surface area contributed by atoms with E-state index in [1.54, 1.807) is 0 Å². The van der Waals surface area contributed by atoms with Gasteiger partial charge < -0.3 is 10.2 Å².